The molecule has 70 valence electrons. The topological polar surface area (TPSA) is 43.3 Å². The van der Waals surface area contributed by atoms with Crippen LogP contribution in [-0.4, -0.2) is 9.38 Å². The molecule has 4 heteroatoms. The Hall–Kier alpha value is -1.22. The summed E-state index contributed by atoms with van der Waals surface area (Å²) in [5.41, 5.74) is 9.60. The average molecular weight is 198 g/mol. The molecule has 0 amide bonds. The first-order valence-corrected chi connectivity index (χ1v) is 3.88. The lowest BCUT2D eigenvalue weighted by atomic mass is 10.2. The van der Waals surface area contributed by atoms with Crippen molar-refractivity contribution < 1.29 is 0 Å². The fourth-order valence-corrected chi connectivity index (χ4v) is 1.27. The molecule has 0 bridgehead atoms. The molecule has 0 saturated heterocycles. The van der Waals surface area contributed by atoms with Crippen LogP contribution in [0.4, 0.5) is 5.69 Å². The molecule has 0 radical (unpaired) electrons. The number of pyridine rings is 1. The average Bonchev–Trinajstić information content (AvgIpc) is 2.30. The minimum Gasteiger partial charge on any atom is -0.397 e. The maximum absolute atomic E-state index is 5.75. The molecule has 0 spiro atoms. The Morgan fingerprint density at radius 1 is 1.31 bits per heavy atom. The van der Waals surface area contributed by atoms with Gasteiger partial charge in [0, 0.05) is 12.4 Å². The highest BCUT2D eigenvalue weighted by Gasteiger charge is 1.99. The van der Waals surface area contributed by atoms with Crippen LogP contribution in [0.3, 0.4) is 0 Å². The van der Waals surface area contributed by atoms with Gasteiger partial charge in [0.1, 0.15) is 5.65 Å². The molecular weight excluding hydrogens is 186 g/mol. The normalized spacial score (nSPS) is 10.0. The van der Waals surface area contributed by atoms with Crippen LogP contribution in [0.5, 0.6) is 0 Å². The molecule has 0 atom stereocenters. The van der Waals surface area contributed by atoms with Gasteiger partial charge in [0.2, 0.25) is 0 Å². The maximum atomic E-state index is 5.75. The molecule has 2 aromatic rings. The molecule has 2 N–H and O–H groups in total. The number of halogens is 1. The van der Waals surface area contributed by atoms with E-state index in [4.69, 9.17) is 5.73 Å². The predicted molar refractivity (Wildman–Crippen MR) is 56.3 cm³/mol. The lowest BCUT2D eigenvalue weighted by Gasteiger charge is -1.99. The Labute approximate surface area is 83.0 Å². The highest BCUT2D eigenvalue weighted by Crippen LogP contribution is 2.13. The standard InChI is InChI=1S/C9H11N3.ClH/c1-6-3-9-11-7(2)4-12(9)5-8(6)10;/h3-5H,10H2,1-2H3;1H. The Morgan fingerprint density at radius 2 is 2.00 bits per heavy atom. The number of nitrogen functional groups attached to an aromatic ring is 1. The van der Waals surface area contributed by atoms with Gasteiger partial charge in [-0.1, -0.05) is 0 Å². The molecule has 0 unspecified atom stereocenters. The third-order valence-corrected chi connectivity index (χ3v) is 1.96. The summed E-state index contributed by atoms with van der Waals surface area (Å²) in [5.74, 6) is 0. The van der Waals surface area contributed by atoms with Crippen molar-refractivity contribution in [1.29, 1.82) is 0 Å². The summed E-state index contributed by atoms with van der Waals surface area (Å²) < 4.78 is 1.94. The monoisotopic (exact) mass is 197 g/mol. The SMILES string of the molecule is Cc1cn2cc(N)c(C)cc2n1.Cl. The molecule has 13 heavy (non-hydrogen) atoms. The molecular formula is C9H12ClN3. The minimum absolute atomic E-state index is 0. The third kappa shape index (κ3) is 1.60. The Morgan fingerprint density at radius 3 is 2.69 bits per heavy atom. The van der Waals surface area contributed by atoms with Gasteiger partial charge in [-0.3, -0.25) is 0 Å². The second-order valence-electron chi connectivity index (χ2n) is 3.06. The summed E-state index contributed by atoms with van der Waals surface area (Å²) in [6.45, 7) is 3.96. The van der Waals surface area contributed by atoms with E-state index in [1.165, 1.54) is 0 Å². The highest BCUT2D eigenvalue weighted by atomic mass is 35.5. The Kier molecular flexibility index (Phi) is 2.48. The summed E-state index contributed by atoms with van der Waals surface area (Å²) in [5, 5.41) is 0. The van der Waals surface area contributed by atoms with Gasteiger partial charge < -0.3 is 10.1 Å². The molecule has 0 aliphatic heterocycles. The molecule has 0 saturated carbocycles. The van der Waals surface area contributed by atoms with Crippen molar-refractivity contribution in [2.45, 2.75) is 13.8 Å². The van der Waals surface area contributed by atoms with E-state index in [-0.39, 0.29) is 12.4 Å². The molecule has 2 aromatic heterocycles. The first kappa shape index (κ1) is 9.86. The van der Waals surface area contributed by atoms with E-state index >= 15 is 0 Å². The molecule has 2 rings (SSSR count). The lowest BCUT2D eigenvalue weighted by molar-refractivity contribution is 1.17. The fourth-order valence-electron chi connectivity index (χ4n) is 1.27. The lowest BCUT2D eigenvalue weighted by Crippen LogP contribution is -1.93. The number of nitrogens with zero attached hydrogens (tertiary/aromatic N) is 2. The number of imidazole rings is 1. The summed E-state index contributed by atoms with van der Waals surface area (Å²) in [6.07, 6.45) is 3.86. The number of nitrogens with two attached hydrogens (primary N) is 1. The van der Waals surface area contributed by atoms with E-state index < -0.39 is 0 Å². The molecule has 0 aliphatic rings. The fraction of sp³-hybridized carbons (Fsp3) is 0.222. The van der Waals surface area contributed by atoms with Gasteiger partial charge in [-0.05, 0) is 25.5 Å². The number of hydrogen-bond acceptors (Lipinski definition) is 2. The highest BCUT2D eigenvalue weighted by molar-refractivity contribution is 5.85. The van der Waals surface area contributed by atoms with Gasteiger partial charge >= 0.3 is 0 Å². The van der Waals surface area contributed by atoms with E-state index in [2.05, 4.69) is 4.98 Å². The van der Waals surface area contributed by atoms with Crippen molar-refractivity contribution in [2.24, 2.45) is 0 Å². The molecule has 2 heterocycles. The van der Waals surface area contributed by atoms with E-state index in [0.717, 1.165) is 22.6 Å². The molecule has 0 aromatic carbocycles. The van der Waals surface area contributed by atoms with Crippen molar-refractivity contribution >= 4 is 23.7 Å². The number of aryl methyl sites for hydroxylation is 2. The van der Waals surface area contributed by atoms with Crippen LogP contribution in [0, 0.1) is 13.8 Å². The first-order valence-electron chi connectivity index (χ1n) is 3.88. The second kappa shape index (κ2) is 3.26. The van der Waals surface area contributed by atoms with Crippen molar-refractivity contribution in [3.8, 4) is 0 Å². The zero-order valence-electron chi connectivity index (χ0n) is 7.61. The molecule has 0 fully saturated rings. The first-order chi connectivity index (χ1) is 5.66. The number of aromatic nitrogens is 2. The predicted octanol–water partition coefficient (Wildman–Crippen LogP) is 1.96. The van der Waals surface area contributed by atoms with Crippen LogP contribution in [0.25, 0.3) is 5.65 Å². The smallest absolute Gasteiger partial charge is 0.137 e. The van der Waals surface area contributed by atoms with Crippen LogP contribution in [0.15, 0.2) is 18.5 Å². The van der Waals surface area contributed by atoms with E-state index in [9.17, 15) is 0 Å². The maximum Gasteiger partial charge on any atom is 0.137 e. The van der Waals surface area contributed by atoms with Crippen LogP contribution < -0.4 is 5.73 Å². The van der Waals surface area contributed by atoms with Crippen molar-refractivity contribution in [3.05, 3.63) is 29.7 Å². The van der Waals surface area contributed by atoms with E-state index in [0.29, 0.717) is 0 Å². The second-order valence-corrected chi connectivity index (χ2v) is 3.06. The largest absolute Gasteiger partial charge is 0.397 e. The summed E-state index contributed by atoms with van der Waals surface area (Å²) in [6, 6.07) is 1.99. The number of hydrogen-bond donors (Lipinski definition) is 1. The molecule has 3 nitrogen and oxygen atoms in total. The van der Waals surface area contributed by atoms with Crippen LogP contribution >= 0.6 is 12.4 Å². The van der Waals surface area contributed by atoms with Gasteiger partial charge in [0.05, 0.1) is 11.4 Å². The summed E-state index contributed by atoms with van der Waals surface area (Å²) in [4.78, 5) is 4.32. The van der Waals surface area contributed by atoms with E-state index in [1.54, 1.807) is 0 Å². The van der Waals surface area contributed by atoms with Gasteiger partial charge in [-0.2, -0.15) is 0 Å². The van der Waals surface area contributed by atoms with Gasteiger partial charge in [-0.15, -0.1) is 12.4 Å². The third-order valence-electron chi connectivity index (χ3n) is 1.96. The van der Waals surface area contributed by atoms with E-state index in [1.807, 2.05) is 36.7 Å². The van der Waals surface area contributed by atoms with Gasteiger partial charge in [-0.25, -0.2) is 4.98 Å². The van der Waals surface area contributed by atoms with Crippen LogP contribution in [0.1, 0.15) is 11.3 Å². The minimum atomic E-state index is 0. The summed E-state index contributed by atoms with van der Waals surface area (Å²) >= 11 is 0. The zero-order valence-corrected chi connectivity index (χ0v) is 8.43. The number of fused-ring (bicyclic) bond motifs is 1. The van der Waals surface area contributed by atoms with Crippen molar-refractivity contribution in [3.63, 3.8) is 0 Å². The van der Waals surface area contributed by atoms with Crippen molar-refractivity contribution in [2.75, 3.05) is 5.73 Å². The number of anilines is 1. The number of rotatable bonds is 0. The van der Waals surface area contributed by atoms with Crippen molar-refractivity contribution in [1.82, 2.24) is 9.38 Å². The van der Waals surface area contributed by atoms with Crippen LogP contribution in [-0.2, 0) is 0 Å². The quantitative estimate of drug-likeness (QED) is 0.702. The van der Waals surface area contributed by atoms with Gasteiger partial charge in [0.25, 0.3) is 0 Å². The summed E-state index contributed by atoms with van der Waals surface area (Å²) in [7, 11) is 0. The van der Waals surface area contributed by atoms with Gasteiger partial charge in [0.15, 0.2) is 0 Å². The zero-order chi connectivity index (χ0) is 8.72. The Balaban J connectivity index is 0.000000845. The van der Waals surface area contributed by atoms with Crippen LogP contribution in [0.2, 0.25) is 0 Å². The molecule has 0 aliphatic carbocycles. The Bertz CT molecular complexity index is 395.